The van der Waals surface area contributed by atoms with Crippen molar-refractivity contribution in [1.29, 1.82) is 0 Å². The normalized spacial score (nSPS) is 15.1. The van der Waals surface area contributed by atoms with Gasteiger partial charge in [-0.15, -0.1) is 0 Å². The molecule has 0 aromatic carbocycles. The molecule has 2 aromatic heterocycles. The van der Waals surface area contributed by atoms with Gasteiger partial charge in [-0.2, -0.15) is 10.2 Å². The minimum Gasteiger partial charge on any atom is -0.444 e. The predicted molar refractivity (Wildman–Crippen MR) is 142 cm³/mol. The molecule has 224 valence electrons. The van der Waals surface area contributed by atoms with Crippen LogP contribution in [0.15, 0.2) is 24.8 Å². The molecule has 0 aliphatic carbocycles. The van der Waals surface area contributed by atoms with Crippen molar-refractivity contribution in [2.24, 2.45) is 0 Å². The summed E-state index contributed by atoms with van der Waals surface area (Å²) in [5.41, 5.74) is -1.02. The smallest absolute Gasteiger partial charge is 0.410 e. The van der Waals surface area contributed by atoms with Crippen LogP contribution in [-0.2, 0) is 9.47 Å². The molecule has 0 unspecified atom stereocenters. The van der Waals surface area contributed by atoms with E-state index in [1.165, 1.54) is 28.2 Å². The van der Waals surface area contributed by atoms with E-state index in [2.05, 4.69) is 15.3 Å². The van der Waals surface area contributed by atoms with Crippen LogP contribution in [0.1, 0.15) is 55.0 Å². The Morgan fingerprint density at radius 3 is 1.73 bits per heavy atom. The summed E-state index contributed by atoms with van der Waals surface area (Å²) in [4.78, 5) is 45.2. The first-order chi connectivity index (χ1) is 17.9. The average Bonchev–Trinajstić information content (AvgIpc) is 3.41. The molecular weight excluding hydrogens is 532 g/mol. The van der Waals surface area contributed by atoms with Crippen molar-refractivity contribution >= 4 is 23.6 Å². The zero-order chi connectivity index (χ0) is 29.5. The van der Waals surface area contributed by atoms with Crippen LogP contribution in [0.3, 0.4) is 0 Å². The van der Waals surface area contributed by atoms with Gasteiger partial charge in [0.1, 0.15) is 29.8 Å². The Balaban J connectivity index is 0.000000326. The van der Waals surface area contributed by atoms with Gasteiger partial charge in [0, 0.05) is 13.1 Å². The fourth-order valence-electron chi connectivity index (χ4n) is 2.99. The van der Waals surface area contributed by atoms with Crippen LogP contribution in [0, 0.1) is 20.2 Å². The van der Waals surface area contributed by atoms with Crippen molar-refractivity contribution in [3.63, 3.8) is 0 Å². The van der Waals surface area contributed by atoms with E-state index in [0.717, 1.165) is 6.20 Å². The molecule has 2 saturated heterocycles. The first-order valence-corrected chi connectivity index (χ1v) is 11.9. The van der Waals surface area contributed by atoms with E-state index in [1.54, 1.807) is 25.7 Å². The fourth-order valence-corrected chi connectivity index (χ4v) is 2.99. The number of likely N-dealkylation sites (tertiary alicyclic amines) is 2. The van der Waals surface area contributed by atoms with Crippen molar-refractivity contribution < 1.29 is 34.0 Å². The van der Waals surface area contributed by atoms with E-state index in [0.29, 0.717) is 26.2 Å². The number of H-pyrrole nitrogens is 1. The van der Waals surface area contributed by atoms with Gasteiger partial charge in [0.15, 0.2) is 0 Å². The highest BCUT2D eigenvalue weighted by atomic mass is 16.6. The van der Waals surface area contributed by atoms with Crippen molar-refractivity contribution in [2.45, 2.75) is 72.3 Å². The topological polar surface area (TPSA) is 212 Å². The van der Waals surface area contributed by atoms with E-state index in [9.17, 15) is 29.8 Å². The van der Waals surface area contributed by atoms with Gasteiger partial charge >= 0.3 is 23.6 Å². The lowest BCUT2D eigenvalue weighted by molar-refractivity contribution is -0.385. The molecular formula is C23H38N8O9. The number of hydrogen-bond donors (Lipinski definition) is 2. The second kappa shape index (κ2) is 13.7. The summed E-state index contributed by atoms with van der Waals surface area (Å²) >= 11 is 0. The van der Waals surface area contributed by atoms with E-state index in [1.807, 2.05) is 20.8 Å². The summed E-state index contributed by atoms with van der Waals surface area (Å²) in [6.45, 7) is 12.6. The number of aromatic nitrogens is 4. The molecule has 0 radical (unpaired) electrons. The number of nitrogens with zero attached hydrogens (tertiary/aromatic N) is 7. The molecule has 0 saturated carbocycles. The minimum absolute atomic E-state index is 0. The zero-order valence-electron chi connectivity index (χ0n) is 22.6. The summed E-state index contributed by atoms with van der Waals surface area (Å²) in [6.07, 6.45) is 3.88. The molecule has 4 rings (SSSR count). The molecule has 17 heteroatoms. The number of nitrogens with one attached hydrogen (secondary N) is 1. The maximum absolute atomic E-state index is 11.7. The highest BCUT2D eigenvalue weighted by Crippen LogP contribution is 2.24. The van der Waals surface area contributed by atoms with Gasteiger partial charge in [0.05, 0.1) is 41.3 Å². The van der Waals surface area contributed by atoms with E-state index < -0.39 is 21.0 Å². The Labute approximate surface area is 231 Å². The average molecular weight is 571 g/mol. The Bertz CT molecular complexity index is 1130. The third-order valence-electron chi connectivity index (χ3n) is 4.90. The number of hydrogen-bond acceptors (Lipinski definition) is 11. The molecule has 2 aliphatic heterocycles. The van der Waals surface area contributed by atoms with Gasteiger partial charge in [-0.3, -0.25) is 30.0 Å². The first kappa shape index (κ1) is 33.7. The number of carbonyl (C=O) groups is 2. The molecule has 2 amide bonds. The van der Waals surface area contributed by atoms with E-state index >= 15 is 0 Å². The molecule has 40 heavy (non-hydrogen) atoms. The lowest BCUT2D eigenvalue weighted by Crippen LogP contribution is -2.54. The van der Waals surface area contributed by atoms with Crippen molar-refractivity contribution in [3.8, 4) is 0 Å². The molecule has 0 bridgehead atoms. The highest BCUT2D eigenvalue weighted by Gasteiger charge is 2.36. The van der Waals surface area contributed by atoms with E-state index in [4.69, 9.17) is 14.6 Å². The molecule has 4 heterocycles. The van der Waals surface area contributed by atoms with Crippen LogP contribution in [-0.4, -0.2) is 100 Å². The SMILES string of the molecule is C.CC(C)(C)OC(=O)N1CC(O)C1.CC(C)(C)OC(=O)N1CC(n2cc([N+](=O)[O-])cn2)C1.O=[N+]([O-])c1cn[nH]c1. The Kier molecular flexibility index (Phi) is 11.5. The summed E-state index contributed by atoms with van der Waals surface area (Å²) in [7, 11) is 0. The molecule has 2 aliphatic rings. The maximum Gasteiger partial charge on any atom is 0.410 e. The Hall–Kier alpha value is -4.28. The number of amides is 2. The van der Waals surface area contributed by atoms with Crippen LogP contribution in [0.4, 0.5) is 21.0 Å². The number of aliphatic hydroxyl groups is 1. The van der Waals surface area contributed by atoms with E-state index in [-0.39, 0.29) is 43.1 Å². The van der Waals surface area contributed by atoms with Crippen LogP contribution in [0.5, 0.6) is 0 Å². The van der Waals surface area contributed by atoms with Gasteiger partial charge in [-0.25, -0.2) is 9.59 Å². The predicted octanol–water partition coefficient (Wildman–Crippen LogP) is 3.14. The summed E-state index contributed by atoms with van der Waals surface area (Å²) < 4.78 is 11.8. The van der Waals surface area contributed by atoms with Crippen LogP contribution in [0.25, 0.3) is 0 Å². The third-order valence-corrected chi connectivity index (χ3v) is 4.90. The van der Waals surface area contributed by atoms with Crippen LogP contribution < -0.4 is 0 Å². The van der Waals surface area contributed by atoms with Gasteiger partial charge in [0.2, 0.25) is 0 Å². The lowest BCUT2D eigenvalue weighted by atomic mass is 10.1. The molecule has 0 atom stereocenters. The minimum atomic E-state index is -0.521. The number of carbonyl (C=O) groups excluding carboxylic acids is 2. The lowest BCUT2D eigenvalue weighted by Gasteiger charge is -2.39. The number of ether oxygens (including phenoxy) is 2. The van der Waals surface area contributed by atoms with Crippen LogP contribution in [0.2, 0.25) is 0 Å². The van der Waals surface area contributed by atoms with Crippen molar-refractivity contribution in [2.75, 3.05) is 26.2 Å². The number of aliphatic hydroxyl groups excluding tert-OH is 1. The quantitative estimate of drug-likeness (QED) is 0.404. The molecule has 2 fully saturated rings. The fraction of sp³-hybridized carbons (Fsp3) is 0.652. The highest BCUT2D eigenvalue weighted by molar-refractivity contribution is 5.69. The molecule has 2 aromatic rings. The van der Waals surface area contributed by atoms with Crippen molar-refractivity contribution in [3.05, 3.63) is 45.0 Å². The van der Waals surface area contributed by atoms with Gasteiger partial charge in [0.25, 0.3) is 0 Å². The largest absolute Gasteiger partial charge is 0.444 e. The number of nitro groups is 2. The van der Waals surface area contributed by atoms with Gasteiger partial charge in [-0.05, 0) is 41.5 Å². The molecule has 2 N–H and O–H groups in total. The standard InChI is InChI=1S/C11H16N4O4.C8H15NO3.C3H3N3O2.CH4/c1-11(2,3)19-10(16)13-5-9(6-13)14-7-8(4-12-14)15(17)18;1-8(2,3)12-7(11)9-4-6(10)5-9;7-6(8)3-1-4-5-2-3;/h4,7,9H,5-6H2,1-3H3;6,10H,4-5H2,1-3H3;1-2H,(H,4,5);1H4. The van der Waals surface area contributed by atoms with Crippen LogP contribution >= 0.6 is 0 Å². The number of aromatic amines is 1. The second-order valence-corrected chi connectivity index (χ2v) is 10.7. The maximum atomic E-state index is 11.7. The number of β-amino-alcohol motifs (C(OH)–C–C–N with tert-alkyl or cyclic N) is 1. The summed E-state index contributed by atoms with van der Waals surface area (Å²) in [6, 6.07) is -0.0266. The molecule has 17 nitrogen and oxygen atoms in total. The Morgan fingerprint density at radius 1 is 0.925 bits per heavy atom. The van der Waals surface area contributed by atoms with Gasteiger partial charge in [-0.1, -0.05) is 7.43 Å². The van der Waals surface area contributed by atoms with Gasteiger partial charge < -0.3 is 24.4 Å². The summed E-state index contributed by atoms with van der Waals surface area (Å²) in [5.74, 6) is 0. The third kappa shape index (κ3) is 10.8. The Morgan fingerprint density at radius 2 is 1.40 bits per heavy atom. The van der Waals surface area contributed by atoms with Crippen molar-refractivity contribution in [1.82, 2.24) is 29.8 Å². The number of rotatable bonds is 3. The summed E-state index contributed by atoms with van der Waals surface area (Å²) in [5, 5.41) is 38.9. The monoisotopic (exact) mass is 570 g/mol. The second-order valence-electron chi connectivity index (χ2n) is 10.7. The molecule has 0 spiro atoms. The zero-order valence-corrected chi connectivity index (χ0v) is 22.6. The first-order valence-electron chi connectivity index (χ1n) is 11.9.